The zero-order valence-electron chi connectivity index (χ0n) is 7.68. The summed E-state index contributed by atoms with van der Waals surface area (Å²) in [5.41, 5.74) is 5.52. The lowest BCUT2D eigenvalue weighted by atomic mass is 9.79. The van der Waals surface area contributed by atoms with Gasteiger partial charge in [0.1, 0.15) is 0 Å². The maximum Gasteiger partial charge on any atom is 0.224 e. The Balaban J connectivity index is 2.28. The van der Waals surface area contributed by atoms with Gasteiger partial charge in [0.15, 0.2) is 0 Å². The third-order valence-corrected chi connectivity index (χ3v) is 2.74. The average Bonchev–Trinajstić information content (AvgIpc) is 2.02. The molecule has 0 heterocycles. The predicted octanol–water partition coefficient (Wildman–Crippen LogP) is 0.497. The molecule has 0 aliphatic heterocycles. The molecule has 0 aromatic heterocycles. The van der Waals surface area contributed by atoms with Crippen LogP contribution in [-0.2, 0) is 4.79 Å². The summed E-state index contributed by atoms with van der Waals surface area (Å²) in [5, 5.41) is 2.65. The van der Waals surface area contributed by atoms with E-state index in [1.165, 1.54) is 19.3 Å². The highest BCUT2D eigenvalue weighted by Gasteiger charge is 2.24. The Hall–Kier alpha value is -0.570. The molecule has 1 amide bonds. The summed E-state index contributed by atoms with van der Waals surface area (Å²) in [4.78, 5) is 11.2. The molecule has 12 heavy (non-hydrogen) atoms. The lowest BCUT2D eigenvalue weighted by Crippen LogP contribution is -2.35. The van der Waals surface area contributed by atoms with Crippen LogP contribution in [0.4, 0.5) is 0 Å². The van der Waals surface area contributed by atoms with Gasteiger partial charge in [-0.1, -0.05) is 19.3 Å². The van der Waals surface area contributed by atoms with E-state index in [2.05, 4.69) is 5.32 Å². The molecule has 0 aromatic carbocycles. The van der Waals surface area contributed by atoms with Crippen LogP contribution in [0.1, 0.15) is 25.7 Å². The molecule has 1 aliphatic carbocycles. The highest BCUT2D eigenvalue weighted by Crippen LogP contribution is 2.31. The maximum atomic E-state index is 11.2. The van der Waals surface area contributed by atoms with E-state index >= 15 is 0 Å². The van der Waals surface area contributed by atoms with Gasteiger partial charge in [0.2, 0.25) is 5.91 Å². The molecule has 3 N–H and O–H groups in total. The quantitative estimate of drug-likeness (QED) is 0.645. The van der Waals surface area contributed by atoms with Crippen molar-refractivity contribution in [1.29, 1.82) is 0 Å². The average molecular weight is 170 g/mol. The summed E-state index contributed by atoms with van der Waals surface area (Å²) in [6.45, 7) is 0.482. The minimum Gasteiger partial charge on any atom is -0.359 e. The van der Waals surface area contributed by atoms with Crippen LogP contribution in [0.15, 0.2) is 0 Å². The first kappa shape index (κ1) is 9.52. The van der Waals surface area contributed by atoms with Crippen molar-refractivity contribution >= 4 is 5.91 Å². The second kappa shape index (κ2) is 4.45. The van der Waals surface area contributed by atoms with Crippen molar-refractivity contribution < 1.29 is 4.79 Å². The molecule has 0 saturated heterocycles. The SMILES string of the molecule is CNC(=O)C(CN)CC1CCC1. The minimum absolute atomic E-state index is 0.0419. The van der Waals surface area contributed by atoms with Gasteiger partial charge in [-0.05, 0) is 12.3 Å². The van der Waals surface area contributed by atoms with E-state index in [9.17, 15) is 4.79 Å². The zero-order valence-corrected chi connectivity index (χ0v) is 7.68. The molecule has 1 fully saturated rings. The van der Waals surface area contributed by atoms with Gasteiger partial charge in [0, 0.05) is 13.6 Å². The highest BCUT2D eigenvalue weighted by molar-refractivity contribution is 5.78. The van der Waals surface area contributed by atoms with Crippen molar-refractivity contribution in [1.82, 2.24) is 5.32 Å². The van der Waals surface area contributed by atoms with Crippen molar-refractivity contribution in [2.45, 2.75) is 25.7 Å². The van der Waals surface area contributed by atoms with E-state index in [1.807, 2.05) is 0 Å². The number of carbonyl (C=O) groups is 1. The lowest BCUT2D eigenvalue weighted by Gasteiger charge is -2.28. The van der Waals surface area contributed by atoms with Gasteiger partial charge in [-0.25, -0.2) is 0 Å². The van der Waals surface area contributed by atoms with Gasteiger partial charge >= 0.3 is 0 Å². The fourth-order valence-electron chi connectivity index (χ4n) is 1.65. The molecule has 1 saturated carbocycles. The van der Waals surface area contributed by atoms with Gasteiger partial charge in [-0.3, -0.25) is 4.79 Å². The summed E-state index contributed by atoms with van der Waals surface area (Å²) in [5.74, 6) is 0.903. The number of hydrogen-bond acceptors (Lipinski definition) is 2. The number of amides is 1. The van der Waals surface area contributed by atoms with Crippen LogP contribution in [0.2, 0.25) is 0 Å². The molecule has 0 bridgehead atoms. The largest absolute Gasteiger partial charge is 0.359 e. The van der Waals surface area contributed by atoms with Crippen LogP contribution in [0, 0.1) is 11.8 Å². The number of nitrogens with one attached hydrogen (secondary N) is 1. The molecule has 0 aromatic rings. The van der Waals surface area contributed by atoms with Crippen LogP contribution >= 0.6 is 0 Å². The summed E-state index contributed by atoms with van der Waals surface area (Å²) in [6, 6.07) is 0. The van der Waals surface area contributed by atoms with Crippen molar-refractivity contribution in [3.05, 3.63) is 0 Å². The number of carbonyl (C=O) groups excluding carboxylic acids is 1. The van der Waals surface area contributed by atoms with E-state index in [-0.39, 0.29) is 11.8 Å². The Bertz CT molecular complexity index is 155. The predicted molar refractivity (Wildman–Crippen MR) is 48.6 cm³/mol. The summed E-state index contributed by atoms with van der Waals surface area (Å²) < 4.78 is 0. The first-order chi connectivity index (χ1) is 5.77. The van der Waals surface area contributed by atoms with Gasteiger partial charge in [0.05, 0.1) is 5.92 Å². The highest BCUT2D eigenvalue weighted by atomic mass is 16.1. The molecule has 0 spiro atoms. The van der Waals surface area contributed by atoms with Crippen molar-refractivity contribution in [2.75, 3.05) is 13.6 Å². The molecule has 70 valence electrons. The standard InChI is InChI=1S/C9H18N2O/c1-11-9(12)8(6-10)5-7-3-2-4-7/h7-8H,2-6,10H2,1H3,(H,11,12). The fourth-order valence-corrected chi connectivity index (χ4v) is 1.65. The monoisotopic (exact) mass is 170 g/mol. The van der Waals surface area contributed by atoms with Crippen molar-refractivity contribution in [3.63, 3.8) is 0 Å². The van der Waals surface area contributed by atoms with Crippen LogP contribution in [0.5, 0.6) is 0 Å². The molecule has 3 heteroatoms. The summed E-state index contributed by atoms with van der Waals surface area (Å²) in [7, 11) is 1.67. The molecule has 1 unspecified atom stereocenters. The van der Waals surface area contributed by atoms with E-state index in [4.69, 9.17) is 5.73 Å². The third kappa shape index (κ3) is 2.21. The Morgan fingerprint density at radius 3 is 2.67 bits per heavy atom. The van der Waals surface area contributed by atoms with E-state index < -0.39 is 0 Å². The minimum atomic E-state index is 0.0419. The van der Waals surface area contributed by atoms with Crippen molar-refractivity contribution in [3.8, 4) is 0 Å². The Morgan fingerprint density at radius 2 is 2.33 bits per heavy atom. The first-order valence-electron chi connectivity index (χ1n) is 4.69. The zero-order chi connectivity index (χ0) is 8.97. The van der Waals surface area contributed by atoms with Gasteiger partial charge in [-0.2, -0.15) is 0 Å². The second-order valence-corrected chi connectivity index (χ2v) is 3.58. The molecule has 3 nitrogen and oxygen atoms in total. The van der Waals surface area contributed by atoms with E-state index in [0.29, 0.717) is 6.54 Å². The Morgan fingerprint density at radius 1 is 1.67 bits per heavy atom. The summed E-state index contributed by atoms with van der Waals surface area (Å²) in [6.07, 6.45) is 4.88. The number of hydrogen-bond donors (Lipinski definition) is 2. The number of nitrogens with two attached hydrogens (primary N) is 1. The van der Waals surface area contributed by atoms with Crippen LogP contribution < -0.4 is 11.1 Å². The first-order valence-corrected chi connectivity index (χ1v) is 4.69. The fraction of sp³-hybridized carbons (Fsp3) is 0.889. The number of rotatable bonds is 4. The molecule has 1 aliphatic rings. The summed E-state index contributed by atoms with van der Waals surface area (Å²) >= 11 is 0. The molecule has 1 rings (SSSR count). The van der Waals surface area contributed by atoms with Crippen LogP contribution in [0.25, 0.3) is 0 Å². The topological polar surface area (TPSA) is 55.1 Å². The van der Waals surface area contributed by atoms with Gasteiger partial charge in [0.25, 0.3) is 0 Å². The van der Waals surface area contributed by atoms with Gasteiger partial charge < -0.3 is 11.1 Å². The Kier molecular flexibility index (Phi) is 3.53. The van der Waals surface area contributed by atoms with E-state index in [1.54, 1.807) is 7.05 Å². The smallest absolute Gasteiger partial charge is 0.224 e. The van der Waals surface area contributed by atoms with Crippen molar-refractivity contribution in [2.24, 2.45) is 17.6 Å². The molecular weight excluding hydrogens is 152 g/mol. The van der Waals surface area contributed by atoms with Gasteiger partial charge in [-0.15, -0.1) is 0 Å². The van der Waals surface area contributed by atoms with Crippen LogP contribution in [-0.4, -0.2) is 19.5 Å². The maximum absolute atomic E-state index is 11.2. The van der Waals surface area contributed by atoms with Crippen LogP contribution in [0.3, 0.4) is 0 Å². The Labute approximate surface area is 73.7 Å². The molecule has 1 atom stereocenters. The molecular formula is C9H18N2O. The third-order valence-electron chi connectivity index (χ3n) is 2.74. The van der Waals surface area contributed by atoms with E-state index in [0.717, 1.165) is 12.3 Å². The second-order valence-electron chi connectivity index (χ2n) is 3.58. The molecule has 0 radical (unpaired) electrons. The normalized spacial score (nSPS) is 19.8. The lowest BCUT2D eigenvalue weighted by molar-refractivity contribution is -0.124.